The van der Waals surface area contributed by atoms with Crippen LogP contribution >= 0.6 is 0 Å². The number of halogens is 3. The Bertz CT molecular complexity index is 1190. The highest BCUT2D eigenvalue weighted by molar-refractivity contribution is 5.72. The number of rotatable bonds is 5. The molecule has 7 nitrogen and oxygen atoms in total. The highest BCUT2D eigenvalue weighted by atomic mass is 19.4. The predicted molar refractivity (Wildman–Crippen MR) is 123 cm³/mol. The standard InChI is InChI=1S/C25H27F3N6O/c26-25(27,28)24-7-1-2-15(10-24)8-19(11-24)34(18-4-5-18)22-14-29-23(33-32-22)20-6-3-16(9-21(20)35)17-12-30-31-13-17/h3,6,9,12-15,18-19,35H,1-2,4-5,7-8,10-11H2,(H,30,31)/t15-,19-,24+/m0/s1. The van der Waals surface area contributed by atoms with Crippen molar-refractivity contribution < 1.29 is 18.3 Å². The average Bonchev–Trinajstić information content (AvgIpc) is 3.50. The number of nitrogens with zero attached hydrogens (tertiary/aromatic N) is 5. The Kier molecular flexibility index (Phi) is 5.23. The molecule has 0 spiro atoms. The van der Waals surface area contributed by atoms with Gasteiger partial charge < -0.3 is 10.0 Å². The number of phenolic OH excluding ortho intramolecular Hbond substituents is 1. The summed E-state index contributed by atoms with van der Waals surface area (Å²) < 4.78 is 42.5. The van der Waals surface area contributed by atoms with Crippen molar-refractivity contribution >= 4 is 5.82 Å². The predicted octanol–water partition coefficient (Wildman–Crippen LogP) is 5.50. The summed E-state index contributed by atoms with van der Waals surface area (Å²) in [4.78, 5) is 6.51. The van der Waals surface area contributed by atoms with Gasteiger partial charge in [0.1, 0.15) is 5.75 Å². The Balaban J connectivity index is 1.27. The van der Waals surface area contributed by atoms with Crippen LogP contribution in [0.15, 0.2) is 36.8 Å². The van der Waals surface area contributed by atoms with Gasteiger partial charge in [0.05, 0.1) is 23.4 Å². The fraction of sp³-hybridized carbons (Fsp3) is 0.520. The zero-order valence-corrected chi connectivity index (χ0v) is 19.2. The number of hydrogen-bond acceptors (Lipinski definition) is 6. The van der Waals surface area contributed by atoms with Gasteiger partial charge >= 0.3 is 6.18 Å². The molecule has 3 aliphatic rings. The molecular formula is C25H27F3N6O. The first-order valence-electron chi connectivity index (χ1n) is 12.2. The van der Waals surface area contributed by atoms with Gasteiger partial charge in [-0.3, -0.25) is 5.10 Å². The molecule has 3 atom stereocenters. The zero-order chi connectivity index (χ0) is 24.2. The maximum Gasteiger partial charge on any atom is 0.394 e. The first kappa shape index (κ1) is 22.3. The van der Waals surface area contributed by atoms with E-state index in [2.05, 4.69) is 30.3 Å². The number of fused-ring (bicyclic) bond motifs is 2. The molecule has 2 aromatic heterocycles. The van der Waals surface area contributed by atoms with Crippen LogP contribution in [-0.4, -0.2) is 48.7 Å². The second-order valence-electron chi connectivity index (χ2n) is 10.3. The number of nitrogens with one attached hydrogen (secondary N) is 1. The average molecular weight is 485 g/mol. The van der Waals surface area contributed by atoms with E-state index in [0.717, 1.165) is 36.8 Å². The molecule has 0 amide bonds. The fourth-order valence-corrected chi connectivity index (χ4v) is 6.22. The fourth-order valence-electron chi connectivity index (χ4n) is 6.22. The van der Waals surface area contributed by atoms with Crippen molar-refractivity contribution in [2.24, 2.45) is 11.3 Å². The number of aromatic nitrogens is 5. The number of hydrogen-bond donors (Lipinski definition) is 2. The van der Waals surface area contributed by atoms with Crippen molar-refractivity contribution in [1.82, 2.24) is 25.4 Å². The highest BCUT2D eigenvalue weighted by Gasteiger charge is 2.60. The molecule has 0 aliphatic heterocycles. The van der Waals surface area contributed by atoms with Crippen molar-refractivity contribution in [3.63, 3.8) is 0 Å². The lowest BCUT2D eigenvalue weighted by molar-refractivity contribution is -0.250. The molecule has 0 radical (unpaired) electrons. The lowest BCUT2D eigenvalue weighted by Gasteiger charge is -2.51. The molecule has 0 saturated heterocycles. The minimum atomic E-state index is -4.19. The molecule has 6 rings (SSSR count). The summed E-state index contributed by atoms with van der Waals surface area (Å²) in [5, 5.41) is 25.9. The molecule has 3 fully saturated rings. The third-order valence-corrected chi connectivity index (χ3v) is 8.00. The zero-order valence-electron chi connectivity index (χ0n) is 19.2. The van der Waals surface area contributed by atoms with Gasteiger partial charge in [-0.05, 0) is 62.1 Å². The molecule has 2 N–H and O–H groups in total. The van der Waals surface area contributed by atoms with E-state index in [1.807, 2.05) is 6.07 Å². The number of alkyl halides is 3. The summed E-state index contributed by atoms with van der Waals surface area (Å²) in [6, 6.07) is 5.15. The SMILES string of the molecule is Oc1cc(-c2cn[nH]c2)ccc1-c1ncc(N(C2CC2)[C@H]2C[C@@H]3CCC[C@@](C(F)(F)F)(C3)C2)nn1. The van der Waals surface area contributed by atoms with Crippen molar-refractivity contribution in [1.29, 1.82) is 0 Å². The van der Waals surface area contributed by atoms with Crippen LogP contribution < -0.4 is 4.90 Å². The quantitative estimate of drug-likeness (QED) is 0.497. The summed E-state index contributed by atoms with van der Waals surface area (Å²) in [5.41, 5.74) is 0.494. The minimum Gasteiger partial charge on any atom is -0.507 e. The minimum absolute atomic E-state index is 0.0181. The maximum absolute atomic E-state index is 14.2. The Morgan fingerprint density at radius 1 is 1.03 bits per heavy atom. The molecule has 2 bridgehead atoms. The van der Waals surface area contributed by atoms with Gasteiger partial charge in [0, 0.05) is 23.8 Å². The van der Waals surface area contributed by atoms with Crippen LogP contribution in [0.3, 0.4) is 0 Å². The summed E-state index contributed by atoms with van der Waals surface area (Å²) in [6.45, 7) is 0. The monoisotopic (exact) mass is 484 g/mol. The van der Waals surface area contributed by atoms with Crippen LogP contribution in [0, 0.1) is 11.3 Å². The van der Waals surface area contributed by atoms with E-state index in [4.69, 9.17) is 0 Å². The molecule has 184 valence electrons. The Morgan fingerprint density at radius 3 is 2.54 bits per heavy atom. The maximum atomic E-state index is 14.2. The van der Waals surface area contributed by atoms with Gasteiger partial charge in [0.15, 0.2) is 11.6 Å². The first-order valence-corrected chi connectivity index (χ1v) is 12.2. The van der Waals surface area contributed by atoms with E-state index in [0.29, 0.717) is 17.8 Å². The molecule has 0 unspecified atom stereocenters. The first-order chi connectivity index (χ1) is 16.8. The van der Waals surface area contributed by atoms with Crippen LogP contribution in [0.25, 0.3) is 22.5 Å². The van der Waals surface area contributed by atoms with Crippen molar-refractivity contribution in [3.05, 3.63) is 36.8 Å². The van der Waals surface area contributed by atoms with Gasteiger partial charge in [-0.15, -0.1) is 10.2 Å². The van der Waals surface area contributed by atoms with E-state index >= 15 is 0 Å². The molecule has 10 heteroatoms. The van der Waals surface area contributed by atoms with Gasteiger partial charge in [0.25, 0.3) is 0 Å². The van der Waals surface area contributed by atoms with Gasteiger partial charge in [0.2, 0.25) is 0 Å². The van der Waals surface area contributed by atoms with E-state index in [9.17, 15) is 18.3 Å². The molecule has 1 aromatic carbocycles. The van der Waals surface area contributed by atoms with Gasteiger partial charge in [-0.1, -0.05) is 18.9 Å². The van der Waals surface area contributed by atoms with Crippen LogP contribution in [0.4, 0.5) is 19.0 Å². The molecule has 3 aromatic rings. The summed E-state index contributed by atoms with van der Waals surface area (Å²) >= 11 is 0. The molecule has 3 aliphatic carbocycles. The number of aromatic amines is 1. The van der Waals surface area contributed by atoms with Gasteiger partial charge in [-0.25, -0.2) is 4.98 Å². The normalized spacial score (nSPS) is 26.5. The van der Waals surface area contributed by atoms with Gasteiger partial charge in [-0.2, -0.15) is 18.3 Å². The van der Waals surface area contributed by atoms with Crippen LogP contribution in [0.2, 0.25) is 0 Å². The lowest BCUT2D eigenvalue weighted by atomic mass is 9.60. The number of aromatic hydroxyl groups is 1. The highest BCUT2D eigenvalue weighted by Crippen LogP contribution is 2.58. The molecule has 2 heterocycles. The smallest absolute Gasteiger partial charge is 0.394 e. The molecular weight excluding hydrogens is 457 g/mol. The largest absolute Gasteiger partial charge is 0.507 e. The van der Waals surface area contributed by atoms with Crippen molar-refractivity contribution in [2.75, 3.05) is 4.90 Å². The van der Waals surface area contributed by atoms with Crippen LogP contribution in [0.5, 0.6) is 5.75 Å². The Hall–Kier alpha value is -3.17. The van der Waals surface area contributed by atoms with Crippen molar-refractivity contribution in [2.45, 2.75) is 69.6 Å². The van der Waals surface area contributed by atoms with E-state index in [1.54, 1.807) is 30.7 Å². The number of benzene rings is 1. The second-order valence-corrected chi connectivity index (χ2v) is 10.3. The third kappa shape index (κ3) is 4.02. The Morgan fingerprint density at radius 2 is 1.89 bits per heavy atom. The van der Waals surface area contributed by atoms with E-state index in [-0.39, 0.29) is 48.8 Å². The Labute approximate surface area is 200 Å². The molecule has 35 heavy (non-hydrogen) atoms. The number of anilines is 1. The topological polar surface area (TPSA) is 90.8 Å². The number of phenols is 1. The molecule has 3 saturated carbocycles. The lowest BCUT2D eigenvalue weighted by Crippen LogP contribution is -2.53. The second kappa shape index (κ2) is 8.20. The van der Waals surface area contributed by atoms with Crippen LogP contribution in [0.1, 0.15) is 51.4 Å². The van der Waals surface area contributed by atoms with E-state index in [1.165, 1.54) is 0 Å². The summed E-state index contributed by atoms with van der Waals surface area (Å²) in [7, 11) is 0. The van der Waals surface area contributed by atoms with Crippen LogP contribution in [-0.2, 0) is 0 Å². The summed E-state index contributed by atoms with van der Waals surface area (Å²) in [5.74, 6) is 0.904. The van der Waals surface area contributed by atoms with Crippen molar-refractivity contribution in [3.8, 4) is 28.3 Å². The number of H-pyrrole nitrogens is 1. The van der Waals surface area contributed by atoms with E-state index < -0.39 is 11.6 Å². The third-order valence-electron chi connectivity index (χ3n) is 8.00. The summed E-state index contributed by atoms with van der Waals surface area (Å²) in [6.07, 6.45) is 5.55.